The summed E-state index contributed by atoms with van der Waals surface area (Å²) in [4.78, 5) is 2.67. The van der Waals surface area contributed by atoms with Crippen LogP contribution >= 0.6 is 11.3 Å². The smallest absolute Gasteiger partial charge is 0.0356 e. The summed E-state index contributed by atoms with van der Waals surface area (Å²) in [6.45, 7) is 2.50. The highest BCUT2D eigenvalue weighted by atomic mass is 32.1. The van der Waals surface area contributed by atoms with Crippen molar-refractivity contribution in [2.24, 2.45) is 0 Å². The van der Waals surface area contributed by atoms with Crippen molar-refractivity contribution in [3.8, 4) is 0 Å². The lowest BCUT2D eigenvalue weighted by Gasteiger charge is -2.23. The van der Waals surface area contributed by atoms with Crippen molar-refractivity contribution in [1.29, 1.82) is 0 Å². The summed E-state index contributed by atoms with van der Waals surface area (Å²) >= 11 is 1.82. The lowest BCUT2D eigenvalue weighted by atomic mass is 10.1. The molecule has 1 aliphatic heterocycles. The van der Waals surface area contributed by atoms with Gasteiger partial charge in [0.05, 0.1) is 0 Å². The van der Waals surface area contributed by atoms with Gasteiger partial charge in [0.1, 0.15) is 0 Å². The van der Waals surface area contributed by atoms with Crippen LogP contribution in [0.25, 0.3) is 0 Å². The van der Waals surface area contributed by atoms with Gasteiger partial charge in [0.25, 0.3) is 0 Å². The largest absolute Gasteiger partial charge is 0.296 e. The summed E-state index contributed by atoms with van der Waals surface area (Å²) in [5.74, 6) is 0. The molecule has 2 heteroatoms. The van der Waals surface area contributed by atoms with Crippen molar-refractivity contribution in [2.75, 3.05) is 13.1 Å². The first-order valence-electron chi connectivity index (χ1n) is 7.23. The second-order valence-electron chi connectivity index (χ2n) is 5.34. The van der Waals surface area contributed by atoms with E-state index in [4.69, 9.17) is 0 Å². The minimum absolute atomic E-state index is 0.682. The van der Waals surface area contributed by atoms with E-state index in [2.05, 4.69) is 52.1 Å². The Morgan fingerprint density at radius 1 is 1.16 bits per heavy atom. The van der Waals surface area contributed by atoms with E-state index in [0.717, 1.165) is 0 Å². The van der Waals surface area contributed by atoms with E-state index in [9.17, 15) is 0 Å². The first-order valence-corrected chi connectivity index (χ1v) is 8.18. The van der Waals surface area contributed by atoms with Crippen molar-refractivity contribution >= 4 is 11.3 Å². The van der Waals surface area contributed by atoms with Crippen molar-refractivity contribution in [3.63, 3.8) is 0 Å². The number of benzene rings is 1. The Kier molecular flexibility index (Phi) is 4.31. The Balaban J connectivity index is 1.52. The highest BCUT2D eigenvalue weighted by Gasteiger charge is 2.25. The van der Waals surface area contributed by atoms with E-state index in [1.807, 2.05) is 11.3 Å². The molecule has 1 aromatic heterocycles. The van der Waals surface area contributed by atoms with Crippen LogP contribution in [0.15, 0.2) is 47.2 Å². The van der Waals surface area contributed by atoms with E-state index >= 15 is 0 Å². The second kappa shape index (κ2) is 6.36. The Labute approximate surface area is 119 Å². The third-order valence-electron chi connectivity index (χ3n) is 4.05. The predicted molar refractivity (Wildman–Crippen MR) is 82.6 cm³/mol. The summed E-state index contributed by atoms with van der Waals surface area (Å²) in [7, 11) is 0. The second-order valence-corrected chi connectivity index (χ2v) is 6.12. The van der Waals surface area contributed by atoms with Gasteiger partial charge < -0.3 is 0 Å². The Morgan fingerprint density at radius 3 is 2.84 bits per heavy atom. The van der Waals surface area contributed by atoms with Crippen molar-refractivity contribution < 1.29 is 0 Å². The number of aryl methyl sites for hydroxylation is 1. The molecule has 1 fully saturated rings. The molecule has 0 N–H and O–H groups in total. The van der Waals surface area contributed by atoms with Crippen LogP contribution in [0.5, 0.6) is 0 Å². The quantitative estimate of drug-likeness (QED) is 0.773. The first kappa shape index (κ1) is 12.9. The molecule has 3 rings (SSSR count). The highest BCUT2D eigenvalue weighted by molar-refractivity contribution is 7.07. The molecular formula is C17H21NS. The lowest BCUT2D eigenvalue weighted by molar-refractivity contribution is 0.254. The highest BCUT2D eigenvalue weighted by Crippen LogP contribution is 2.32. The van der Waals surface area contributed by atoms with Gasteiger partial charge in [-0.25, -0.2) is 0 Å². The van der Waals surface area contributed by atoms with Gasteiger partial charge in [0.15, 0.2) is 0 Å². The molecule has 1 nitrogen and oxygen atoms in total. The first-order chi connectivity index (χ1) is 9.43. The van der Waals surface area contributed by atoms with Crippen LogP contribution in [0.3, 0.4) is 0 Å². The van der Waals surface area contributed by atoms with Crippen LogP contribution < -0.4 is 0 Å². The lowest BCUT2D eigenvalue weighted by Crippen LogP contribution is -2.24. The van der Waals surface area contributed by atoms with E-state index in [0.29, 0.717) is 6.04 Å². The summed E-state index contributed by atoms with van der Waals surface area (Å²) in [6, 6.07) is 13.8. The van der Waals surface area contributed by atoms with Crippen LogP contribution in [0.4, 0.5) is 0 Å². The Hall–Kier alpha value is -1.12. The van der Waals surface area contributed by atoms with Crippen LogP contribution in [0, 0.1) is 0 Å². The number of thiophene rings is 1. The molecule has 0 aliphatic carbocycles. The maximum atomic E-state index is 2.67. The fourth-order valence-corrected chi connectivity index (χ4v) is 3.77. The van der Waals surface area contributed by atoms with Gasteiger partial charge in [-0.2, -0.15) is 11.3 Å². The van der Waals surface area contributed by atoms with Gasteiger partial charge in [-0.3, -0.25) is 4.90 Å². The molecule has 100 valence electrons. The van der Waals surface area contributed by atoms with E-state index < -0.39 is 0 Å². The summed E-state index contributed by atoms with van der Waals surface area (Å²) in [5, 5.41) is 4.52. The topological polar surface area (TPSA) is 3.24 Å². The predicted octanol–water partition coefficient (Wildman–Crippen LogP) is 4.52. The zero-order valence-electron chi connectivity index (χ0n) is 11.3. The molecule has 2 heterocycles. The zero-order valence-corrected chi connectivity index (χ0v) is 12.1. The maximum absolute atomic E-state index is 2.67. The SMILES string of the molecule is c1ccc(CCCN2CCC[C@@H]2c2ccsc2)cc1. The normalized spacial score (nSPS) is 19.9. The van der Waals surface area contributed by atoms with Crippen molar-refractivity contribution in [3.05, 3.63) is 58.3 Å². The van der Waals surface area contributed by atoms with Gasteiger partial charge in [0.2, 0.25) is 0 Å². The molecule has 0 unspecified atom stereocenters. The van der Waals surface area contributed by atoms with Gasteiger partial charge in [-0.05, 0) is 66.7 Å². The molecule has 0 amide bonds. The number of nitrogens with zero attached hydrogens (tertiary/aromatic N) is 1. The third-order valence-corrected chi connectivity index (χ3v) is 4.75. The standard InChI is InChI=1S/C17H21NS/c1-2-6-15(7-3-1)8-4-11-18-12-5-9-17(18)16-10-13-19-14-16/h1-3,6-7,10,13-14,17H,4-5,8-9,11-12H2/t17-/m1/s1. The Bertz CT molecular complexity index is 477. The molecule has 1 saturated heterocycles. The fourth-order valence-electron chi connectivity index (χ4n) is 3.07. The fraction of sp³-hybridized carbons (Fsp3) is 0.412. The molecule has 19 heavy (non-hydrogen) atoms. The van der Waals surface area contributed by atoms with Gasteiger partial charge >= 0.3 is 0 Å². The van der Waals surface area contributed by atoms with E-state index in [-0.39, 0.29) is 0 Å². The molecular weight excluding hydrogens is 250 g/mol. The van der Waals surface area contributed by atoms with Gasteiger partial charge in [0, 0.05) is 6.04 Å². The average molecular weight is 271 g/mol. The maximum Gasteiger partial charge on any atom is 0.0356 e. The third kappa shape index (κ3) is 3.26. The van der Waals surface area contributed by atoms with E-state index in [1.165, 1.54) is 49.9 Å². The molecule has 1 aliphatic rings. The zero-order chi connectivity index (χ0) is 12.9. The van der Waals surface area contributed by atoms with Gasteiger partial charge in [-0.1, -0.05) is 30.3 Å². The molecule has 1 aromatic carbocycles. The minimum atomic E-state index is 0.682. The molecule has 0 spiro atoms. The summed E-state index contributed by atoms with van der Waals surface area (Å²) in [5.41, 5.74) is 3.00. The molecule has 0 radical (unpaired) electrons. The number of rotatable bonds is 5. The minimum Gasteiger partial charge on any atom is -0.296 e. The average Bonchev–Trinajstić information content (AvgIpc) is 3.10. The van der Waals surface area contributed by atoms with E-state index in [1.54, 1.807) is 0 Å². The van der Waals surface area contributed by atoms with Crippen LogP contribution in [-0.2, 0) is 6.42 Å². The monoisotopic (exact) mass is 271 g/mol. The van der Waals surface area contributed by atoms with Crippen molar-refractivity contribution in [2.45, 2.75) is 31.7 Å². The number of likely N-dealkylation sites (tertiary alicyclic amines) is 1. The molecule has 2 aromatic rings. The molecule has 1 atom stereocenters. The van der Waals surface area contributed by atoms with Gasteiger partial charge in [-0.15, -0.1) is 0 Å². The van der Waals surface area contributed by atoms with Crippen LogP contribution in [-0.4, -0.2) is 18.0 Å². The van der Waals surface area contributed by atoms with Crippen LogP contribution in [0.2, 0.25) is 0 Å². The number of hydrogen-bond donors (Lipinski definition) is 0. The molecule has 0 bridgehead atoms. The Morgan fingerprint density at radius 2 is 2.05 bits per heavy atom. The summed E-state index contributed by atoms with van der Waals surface area (Å²) in [6.07, 6.45) is 5.16. The van der Waals surface area contributed by atoms with Crippen molar-refractivity contribution in [1.82, 2.24) is 4.90 Å². The summed E-state index contributed by atoms with van der Waals surface area (Å²) < 4.78 is 0. The van der Waals surface area contributed by atoms with Crippen LogP contribution in [0.1, 0.15) is 36.4 Å². The number of hydrogen-bond acceptors (Lipinski definition) is 2. The molecule has 0 saturated carbocycles.